The Morgan fingerprint density at radius 2 is 1.72 bits per heavy atom. The molecule has 0 saturated carbocycles. The van der Waals surface area contributed by atoms with Crippen molar-refractivity contribution < 1.29 is 4.79 Å². The number of thioether (sulfide) groups is 1. The summed E-state index contributed by atoms with van der Waals surface area (Å²) in [5.41, 5.74) is 4.35. The van der Waals surface area contributed by atoms with Crippen LogP contribution in [0.15, 0.2) is 77.7 Å². The summed E-state index contributed by atoms with van der Waals surface area (Å²) in [5.74, 6) is 1.49. The SMILES string of the molecule is CCSc1ccc(CC(=O)N(Cc2ccccc2)c2nc3c(C(C)C)cccc3s2)cc1. The quantitative estimate of drug-likeness (QED) is 0.259. The molecule has 0 fully saturated rings. The predicted molar refractivity (Wildman–Crippen MR) is 138 cm³/mol. The van der Waals surface area contributed by atoms with E-state index in [1.165, 1.54) is 10.5 Å². The van der Waals surface area contributed by atoms with Gasteiger partial charge < -0.3 is 0 Å². The summed E-state index contributed by atoms with van der Waals surface area (Å²) in [6, 6.07) is 24.8. The first-order valence-electron chi connectivity index (χ1n) is 11.0. The average Bonchev–Trinajstić information content (AvgIpc) is 3.23. The van der Waals surface area contributed by atoms with E-state index in [1.54, 1.807) is 11.3 Å². The summed E-state index contributed by atoms with van der Waals surface area (Å²) in [5, 5.41) is 0.764. The van der Waals surface area contributed by atoms with Crippen LogP contribution in [0.4, 0.5) is 5.13 Å². The molecule has 0 aliphatic carbocycles. The second kappa shape index (κ2) is 10.3. The molecule has 164 valence electrons. The lowest BCUT2D eigenvalue weighted by Gasteiger charge is -2.20. The number of fused-ring (bicyclic) bond motifs is 1. The summed E-state index contributed by atoms with van der Waals surface area (Å²) < 4.78 is 1.12. The Morgan fingerprint density at radius 1 is 0.969 bits per heavy atom. The van der Waals surface area contributed by atoms with Crippen molar-refractivity contribution in [2.24, 2.45) is 0 Å². The van der Waals surface area contributed by atoms with Crippen LogP contribution in [-0.4, -0.2) is 16.6 Å². The Kier molecular flexibility index (Phi) is 7.28. The van der Waals surface area contributed by atoms with Gasteiger partial charge in [0, 0.05) is 4.90 Å². The van der Waals surface area contributed by atoms with Gasteiger partial charge in [0.25, 0.3) is 0 Å². The number of carbonyl (C=O) groups excluding carboxylic acids is 1. The molecule has 5 heteroatoms. The number of rotatable bonds is 8. The number of aromatic nitrogens is 1. The first-order chi connectivity index (χ1) is 15.5. The van der Waals surface area contributed by atoms with Gasteiger partial charge in [-0.2, -0.15) is 0 Å². The average molecular weight is 461 g/mol. The van der Waals surface area contributed by atoms with Crippen LogP contribution in [0.5, 0.6) is 0 Å². The zero-order valence-electron chi connectivity index (χ0n) is 18.7. The standard InChI is InChI=1S/C27H28N2OS2/c1-4-31-22-15-13-20(14-16-22)17-25(30)29(18-21-9-6-5-7-10-21)27-28-26-23(19(2)3)11-8-12-24(26)32-27/h5-16,19H,4,17-18H2,1-3H3. The molecule has 1 heterocycles. The predicted octanol–water partition coefficient (Wildman–Crippen LogP) is 7.31. The van der Waals surface area contributed by atoms with Crippen molar-refractivity contribution in [1.29, 1.82) is 0 Å². The Labute approximate surface area is 198 Å². The van der Waals surface area contributed by atoms with Crippen molar-refractivity contribution in [3.63, 3.8) is 0 Å². The molecule has 3 aromatic carbocycles. The molecule has 0 bridgehead atoms. The maximum Gasteiger partial charge on any atom is 0.233 e. The molecule has 1 aromatic heterocycles. The van der Waals surface area contributed by atoms with Gasteiger partial charge in [0.15, 0.2) is 5.13 Å². The van der Waals surface area contributed by atoms with Crippen molar-refractivity contribution in [2.45, 2.75) is 44.6 Å². The number of amides is 1. The fourth-order valence-electron chi connectivity index (χ4n) is 3.71. The maximum absolute atomic E-state index is 13.5. The summed E-state index contributed by atoms with van der Waals surface area (Å²) in [6.45, 7) is 7.02. The fourth-order valence-corrected chi connectivity index (χ4v) is 5.39. The first kappa shape index (κ1) is 22.6. The molecule has 3 nitrogen and oxygen atoms in total. The molecule has 0 radical (unpaired) electrons. The Balaban J connectivity index is 1.66. The number of thiazole rings is 1. The number of hydrogen-bond donors (Lipinski definition) is 0. The van der Waals surface area contributed by atoms with Crippen LogP contribution in [0, 0.1) is 0 Å². The largest absolute Gasteiger partial charge is 0.283 e. The molecule has 0 N–H and O–H groups in total. The van der Waals surface area contributed by atoms with E-state index >= 15 is 0 Å². The maximum atomic E-state index is 13.5. The van der Waals surface area contributed by atoms with E-state index in [9.17, 15) is 4.79 Å². The van der Waals surface area contributed by atoms with Gasteiger partial charge in [-0.05, 0) is 46.6 Å². The van der Waals surface area contributed by atoms with E-state index in [2.05, 4.69) is 75.4 Å². The molecular weight excluding hydrogens is 432 g/mol. The molecule has 0 unspecified atom stereocenters. The van der Waals surface area contributed by atoms with Crippen LogP contribution in [0.1, 0.15) is 43.4 Å². The Hall–Kier alpha value is -2.63. The van der Waals surface area contributed by atoms with Crippen LogP contribution in [0.2, 0.25) is 0 Å². The van der Waals surface area contributed by atoms with Crippen LogP contribution in [-0.2, 0) is 17.8 Å². The molecule has 0 aliphatic rings. The van der Waals surface area contributed by atoms with Crippen LogP contribution in [0.25, 0.3) is 10.2 Å². The fraction of sp³-hybridized carbons (Fsp3) is 0.259. The first-order valence-corrected chi connectivity index (χ1v) is 12.8. The lowest BCUT2D eigenvalue weighted by Crippen LogP contribution is -2.31. The van der Waals surface area contributed by atoms with Gasteiger partial charge in [0.05, 0.1) is 23.2 Å². The third-order valence-corrected chi connectivity index (χ3v) is 7.30. The Morgan fingerprint density at radius 3 is 2.41 bits per heavy atom. The van der Waals surface area contributed by atoms with Gasteiger partial charge in [-0.15, -0.1) is 11.8 Å². The topological polar surface area (TPSA) is 33.2 Å². The molecule has 4 rings (SSSR count). The summed E-state index contributed by atoms with van der Waals surface area (Å²) in [6.07, 6.45) is 0.358. The third kappa shape index (κ3) is 5.22. The summed E-state index contributed by atoms with van der Waals surface area (Å²) >= 11 is 3.40. The zero-order chi connectivity index (χ0) is 22.5. The van der Waals surface area contributed by atoms with Gasteiger partial charge in [-0.1, -0.05) is 86.7 Å². The van der Waals surface area contributed by atoms with Gasteiger partial charge >= 0.3 is 0 Å². The molecule has 0 saturated heterocycles. The summed E-state index contributed by atoms with van der Waals surface area (Å²) in [7, 11) is 0. The summed E-state index contributed by atoms with van der Waals surface area (Å²) in [4.78, 5) is 21.5. The number of benzene rings is 3. The molecule has 1 amide bonds. The molecule has 0 aliphatic heterocycles. The second-order valence-corrected chi connectivity index (χ2v) is 10.4. The molecular formula is C27H28N2OS2. The third-order valence-electron chi connectivity index (χ3n) is 5.37. The minimum Gasteiger partial charge on any atom is -0.283 e. The van der Waals surface area contributed by atoms with Gasteiger partial charge in [0.2, 0.25) is 5.91 Å². The van der Waals surface area contributed by atoms with Gasteiger partial charge in [-0.25, -0.2) is 4.98 Å². The van der Waals surface area contributed by atoms with Gasteiger partial charge in [0.1, 0.15) is 0 Å². The van der Waals surface area contributed by atoms with E-state index < -0.39 is 0 Å². The van der Waals surface area contributed by atoms with E-state index in [1.807, 2.05) is 34.9 Å². The number of carbonyl (C=O) groups is 1. The van der Waals surface area contributed by atoms with Gasteiger partial charge in [-0.3, -0.25) is 9.69 Å². The minimum absolute atomic E-state index is 0.0647. The van der Waals surface area contributed by atoms with E-state index in [-0.39, 0.29) is 5.91 Å². The lowest BCUT2D eigenvalue weighted by atomic mass is 10.0. The zero-order valence-corrected chi connectivity index (χ0v) is 20.4. The van der Waals surface area contributed by atoms with Crippen molar-refractivity contribution >= 4 is 44.4 Å². The molecule has 32 heavy (non-hydrogen) atoms. The van der Waals surface area contributed by atoms with Crippen molar-refractivity contribution in [2.75, 3.05) is 10.7 Å². The highest BCUT2D eigenvalue weighted by molar-refractivity contribution is 7.99. The monoisotopic (exact) mass is 460 g/mol. The molecule has 0 spiro atoms. The number of para-hydroxylation sites is 1. The van der Waals surface area contributed by atoms with E-state index in [0.717, 1.165) is 32.2 Å². The molecule has 0 atom stereocenters. The smallest absolute Gasteiger partial charge is 0.233 e. The normalized spacial score (nSPS) is 11.2. The van der Waals surface area contributed by atoms with Crippen molar-refractivity contribution in [3.8, 4) is 0 Å². The molecule has 4 aromatic rings. The number of anilines is 1. The van der Waals surface area contributed by atoms with Crippen LogP contribution >= 0.6 is 23.1 Å². The lowest BCUT2D eigenvalue weighted by molar-refractivity contribution is -0.118. The van der Waals surface area contributed by atoms with E-state index in [4.69, 9.17) is 4.98 Å². The van der Waals surface area contributed by atoms with Crippen molar-refractivity contribution in [1.82, 2.24) is 4.98 Å². The van der Waals surface area contributed by atoms with Crippen LogP contribution in [0.3, 0.4) is 0 Å². The second-order valence-electron chi connectivity index (χ2n) is 8.06. The Bertz CT molecular complexity index is 1180. The highest BCUT2D eigenvalue weighted by atomic mass is 32.2. The van der Waals surface area contributed by atoms with E-state index in [0.29, 0.717) is 18.9 Å². The van der Waals surface area contributed by atoms with Crippen molar-refractivity contribution in [3.05, 3.63) is 89.5 Å². The van der Waals surface area contributed by atoms with Crippen LogP contribution < -0.4 is 4.90 Å². The number of nitrogens with zero attached hydrogens (tertiary/aromatic N) is 2. The highest BCUT2D eigenvalue weighted by Gasteiger charge is 2.22. The minimum atomic E-state index is 0.0647. The number of hydrogen-bond acceptors (Lipinski definition) is 4. The highest BCUT2D eigenvalue weighted by Crippen LogP contribution is 2.34.